The topological polar surface area (TPSA) is 58.6 Å². The van der Waals surface area contributed by atoms with Crippen molar-refractivity contribution in [1.29, 1.82) is 0 Å². The van der Waals surface area contributed by atoms with E-state index < -0.39 is 6.09 Å². The number of aryl methyl sites for hydroxylation is 1. The van der Waals surface area contributed by atoms with Crippen molar-refractivity contribution in [3.63, 3.8) is 0 Å². The van der Waals surface area contributed by atoms with Gasteiger partial charge in [0.25, 0.3) is 0 Å². The molecule has 0 radical (unpaired) electrons. The average Bonchev–Trinajstić information content (AvgIpc) is 2.40. The first-order valence-electron chi connectivity index (χ1n) is 6.38. The molecular formula is C14H18N2O3. The highest BCUT2D eigenvalue weighted by molar-refractivity contribution is 5.95. The highest BCUT2D eigenvalue weighted by Gasteiger charge is 2.21. The van der Waals surface area contributed by atoms with Crippen LogP contribution in [0.5, 0.6) is 0 Å². The molecule has 2 amide bonds. The van der Waals surface area contributed by atoms with Crippen LogP contribution in [-0.2, 0) is 9.53 Å². The number of ether oxygens (including phenoxy) is 1. The molecule has 0 unspecified atom stereocenters. The van der Waals surface area contributed by atoms with Gasteiger partial charge in [0.1, 0.15) is 0 Å². The highest BCUT2D eigenvalue weighted by Crippen LogP contribution is 2.27. The molecule has 1 heterocycles. The Morgan fingerprint density at radius 1 is 1.37 bits per heavy atom. The number of anilines is 2. The van der Waals surface area contributed by atoms with Crippen LogP contribution in [0.15, 0.2) is 18.2 Å². The van der Waals surface area contributed by atoms with Gasteiger partial charge in [0.2, 0.25) is 5.91 Å². The first-order valence-corrected chi connectivity index (χ1v) is 6.38. The lowest BCUT2D eigenvalue weighted by molar-refractivity contribution is -0.119. The predicted molar refractivity (Wildman–Crippen MR) is 73.4 cm³/mol. The van der Waals surface area contributed by atoms with Gasteiger partial charge in [-0.15, -0.1) is 0 Å². The second-order valence-corrected chi connectivity index (χ2v) is 4.62. The number of nitrogens with zero attached hydrogens (tertiary/aromatic N) is 1. The fourth-order valence-corrected chi connectivity index (χ4v) is 2.27. The molecule has 5 heteroatoms. The Morgan fingerprint density at radius 3 is 2.79 bits per heavy atom. The van der Waals surface area contributed by atoms with Crippen LogP contribution in [0.25, 0.3) is 0 Å². The van der Waals surface area contributed by atoms with Gasteiger partial charge in [-0.25, -0.2) is 4.79 Å². The van der Waals surface area contributed by atoms with Gasteiger partial charge < -0.3 is 9.64 Å². The fraction of sp³-hybridized carbons (Fsp3) is 0.429. The van der Waals surface area contributed by atoms with Gasteiger partial charge in [0.05, 0.1) is 7.11 Å². The van der Waals surface area contributed by atoms with Gasteiger partial charge >= 0.3 is 6.09 Å². The van der Waals surface area contributed by atoms with Crippen LogP contribution in [0, 0.1) is 6.92 Å². The van der Waals surface area contributed by atoms with Crippen molar-refractivity contribution in [3.05, 3.63) is 23.8 Å². The predicted octanol–water partition coefficient (Wildman–Crippen LogP) is 2.69. The van der Waals surface area contributed by atoms with E-state index in [0.717, 1.165) is 30.6 Å². The molecule has 102 valence electrons. The summed E-state index contributed by atoms with van der Waals surface area (Å²) in [5.74, 6) is 0.169. The van der Waals surface area contributed by atoms with Gasteiger partial charge in [0.15, 0.2) is 0 Å². The Labute approximate surface area is 112 Å². The van der Waals surface area contributed by atoms with Gasteiger partial charge in [-0.05, 0) is 43.5 Å². The number of rotatable bonds is 2. The standard InChI is InChI=1S/C14H18N2O3/c1-10-9-11(15-14(18)19-2)6-7-12(10)16-8-4-3-5-13(16)17/h6-7,9H,3-5,8H2,1-2H3,(H,15,18). The van der Waals surface area contributed by atoms with E-state index in [-0.39, 0.29) is 5.91 Å². The van der Waals surface area contributed by atoms with Crippen LogP contribution in [0.4, 0.5) is 16.2 Å². The van der Waals surface area contributed by atoms with Crippen LogP contribution >= 0.6 is 0 Å². The zero-order valence-corrected chi connectivity index (χ0v) is 11.2. The summed E-state index contributed by atoms with van der Waals surface area (Å²) in [5.41, 5.74) is 2.54. The molecule has 0 atom stereocenters. The number of carbonyl (C=O) groups excluding carboxylic acids is 2. The number of hydrogen-bond acceptors (Lipinski definition) is 3. The first-order chi connectivity index (χ1) is 9.11. The summed E-state index contributed by atoms with van der Waals surface area (Å²) in [6.45, 7) is 2.70. The molecule has 2 rings (SSSR count). The number of nitrogens with one attached hydrogen (secondary N) is 1. The molecular weight excluding hydrogens is 244 g/mol. The number of benzene rings is 1. The van der Waals surface area contributed by atoms with Crippen LogP contribution in [0.1, 0.15) is 24.8 Å². The van der Waals surface area contributed by atoms with Gasteiger partial charge in [-0.3, -0.25) is 10.1 Å². The second kappa shape index (κ2) is 5.73. The number of piperidine rings is 1. The zero-order valence-electron chi connectivity index (χ0n) is 11.2. The molecule has 1 aromatic carbocycles. The Kier molecular flexibility index (Phi) is 4.04. The largest absolute Gasteiger partial charge is 0.453 e. The Hall–Kier alpha value is -2.04. The molecule has 1 aromatic rings. The van der Waals surface area contributed by atoms with Crippen molar-refractivity contribution in [2.45, 2.75) is 26.2 Å². The lowest BCUT2D eigenvalue weighted by atomic mass is 10.1. The normalized spacial score (nSPS) is 15.3. The smallest absolute Gasteiger partial charge is 0.411 e. The van der Waals surface area contributed by atoms with E-state index in [4.69, 9.17) is 0 Å². The maximum Gasteiger partial charge on any atom is 0.411 e. The quantitative estimate of drug-likeness (QED) is 0.891. The molecule has 1 N–H and O–H groups in total. The van der Waals surface area contributed by atoms with E-state index in [2.05, 4.69) is 10.1 Å². The van der Waals surface area contributed by atoms with Crippen LogP contribution in [-0.4, -0.2) is 25.7 Å². The third-order valence-corrected chi connectivity index (χ3v) is 3.24. The summed E-state index contributed by atoms with van der Waals surface area (Å²) >= 11 is 0. The third kappa shape index (κ3) is 3.05. The van der Waals surface area contributed by atoms with Crippen molar-refractivity contribution in [1.82, 2.24) is 0 Å². The van der Waals surface area contributed by atoms with Crippen LogP contribution in [0.2, 0.25) is 0 Å². The average molecular weight is 262 g/mol. The molecule has 5 nitrogen and oxygen atoms in total. The van der Waals surface area contributed by atoms with E-state index in [1.165, 1.54) is 7.11 Å². The number of hydrogen-bond donors (Lipinski definition) is 1. The maximum atomic E-state index is 11.9. The minimum Gasteiger partial charge on any atom is -0.453 e. The van der Waals surface area contributed by atoms with Crippen LogP contribution in [0.3, 0.4) is 0 Å². The summed E-state index contributed by atoms with van der Waals surface area (Å²) in [6.07, 6.45) is 2.12. The van der Waals surface area contributed by atoms with Crippen molar-refractivity contribution in [2.24, 2.45) is 0 Å². The Balaban J connectivity index is 2.19. The fourth-order valence-electron chi connectivity index (χ4n) is 2.27. The summed E-state index contributed by atoms with van der Waals surface area (Å²) in [6, 6.07) is 5.49. The maximum absolute atomic E-state index is 11.9. The van der Waals surface area contributed by atoms with Gasteiger partial charge in [-0.2, -0.15) is 0 Å². The summed E-state index contributed by atoms with van der Waals surface area (Å²) < 4.78 is 4.54. The van der Waals surface area contributed by atoms with E-state index in [1.807, 2.05) is 24.0 Å². The van der Waals surface area contributed by atoms with Crippen LogP contribution < -0.4 is 10.2 Å². The van der Waals surface area contributed by atoms with E-state index >= 15 is 0 Å². The molecule has 1 aliphatic rings. The minimum atomic E-state index is -0.499. The highest BCUT2D eigenvalue weighted by atomic mass is 16.5. The van der Waals surface area contributed by atoms with E-state index in [9.17, 15) is 9.59 Å². The lowest BCUT2D eigenvalue weighted by Gasteiger charge is -2.28. The number of methoxy groups -OCH3 is 1. The number of amides is 2. The van der Waals surface area contributed by atoms with E-state index in [0.29, 0.717) is 12.1 Å². The number of carbonyl (C=O) groups is 2. The van der Waals surface area contributed by atoms with Crippen molar-refractivity contribution >= 4 is 23.4 Å². The molecule has 0 bridgehead atoms. The Bertz CT molecular complexity index is 499. The van der Waals surface area contributed by atoms with Crippen molar-refractivity contribution in [3.8, 4) is 0 Å². The summed E-state index contributed by atoms with van der Waals surface area (Å²) in [4.78, 5) is 24.8. The third-order valence-electron chi connectivity index (χ3n) is 3.24. The monoisotopic (exact) mass is 262 g/mol. The van der Waals surface area contributed by atoms with Crippen molar-refractivity contribution < 1.29 is 14.3 Å². The van der Waals surface area contributed by atoms with E-state index in [1.54, 1.807) is 6.07 Å². The molecule has 1 aliphatic heterocycles. The molecule has 0 saturated carbocycles. The second-order valence-electron chi connectivity index (χ2n) is 4.62. The zero-order chi connectivity index (χ0) is 13.8. The SMILES string of the molecule is COC(=O)Nc1ccc(N2CCCCC2=O)c(C)c1. The molecule has 1 fully saturated rings. The molecule has 0 aliphatic carbocycles. The molecule has 0 aromatic heterocycles. The first kappa shape index (κ1) is 13.4. The van der Waals surface area contributed by atoms with Crippen molar-refractivity contribution in [2.75, 3.05) is 23.9 Å². The summed E-state index contributed by atoms with van der Waals surface area (Å²) in [7, 11) is 1.32. The van der Waals surface area contributed by atoms with Gasteiger partial charge in [0, 0.05) is 24.3 Å². The molecule has 19 heavy (non-hydrogen) atoms. The van der Waals surface area contributed by atoms with Gasteiger partial charge in [-0.1, -0.05) is 0 Å². The Morgan fingerprint density at radius 2 is 2.16 bits per heavy atom. The summed E-state index contributed by atoms with van der Waals surface area (Å²) in [5, 5.41) is 2.61. The lowest BCUT2D eigenvalue weighted by Crippen LogP contribution is -2.35. The molecule has 0 spiro atoms. The molecule has 1 saturated heterocycles. The minimum absolute atomic E-state index is 0.169.